The Bertz CT molecular complexity index is 394. The molecular formula is C8H5BFN. The van der Waals surface area contributed by atoms with Crippen LogP contribution in [-0.2, 0) is 0 Å². The minimum Gasteiger partial charge on any atom is -0.361 e. The molecule has 1 aromatic carbocycles. The van der Waals surface area contributed by atoms with Crippen LogP contribution >= 0.6 is 0 Å². The largest absolute Gasteiger partial charge is 0.361 e. The highest BCUT2D eigenvalue weighted by molar-refractivity contribution is 6.33. The number of H-pyrrole nitrogens is 1. The highest BCUT2D eigenvalue weighted by Gasteiger charge is 2.00. The molecule has 0 aliphatic carbocycles. The molecule has 2 aromatic rings. The highest BCUT2D eigenvalue weighted by Crippen LogP contribution is 2.13. The molecule has 52 valence electrons. The van der Waals surface area contributed by atoms with Gasteiger partial charge in [0.1, 0.15) is 13.7 Å². The standard InChI is InChI=1S/C8H5BFN/c9-5-3-7(10)6-1-2-11-8(6)4-5/h1-4,11H. The Hall–Kier alpha value is -1.25. The van der Waals surface area contributed by atoms with Crippen molar-refractivity contribution in [2.24, 2.45) is 0 Å². The topological polar surface area (TPSA) is 15.8 Å². The molecule has 0 atom stereocenters. The lowest BCUT2D eigenvalue weighted by molar-refractivity contribution is 0.641. The molecule has 3 heteroatoms. The number of aromatic amines is 1. The van der Waals surface area contributed by atoms with Crippen LogP contribution < -0.4 is 5.46 Å². The summed E-state index contributed by atoms with van der Waals surface area (Å²) in [6.07, 6.45) is 1.69. The molecule has 0 saturated carbocycles. The Morgan fingerprint density at radius 3 is 3.00 bits per heavy atom. The summed E-state index contributed by atoms with van der Waals surface area (Å²) >= 11 is 0. The number of halogens is 1. The normalized spacial score (nSPS) is 10.6. The van der Waals surface area contributed by atoms with Crippen molar-refractivity contribution < 1.29 is 4.39 Å². The van der Waals surface area contributed by atoms with Crippen molar-refractivity contribution in [1.29, 1.82) is 0 Å². The fraction of sp³-hybridized carbons (Fsp3) is 0. The Morgan fingerprint density at radius 1 is 1.36 bits per heavy atom. The van der Waals surface area contributed by atoms with Gasteiger partial charge in [0.15, 0.2) is 0 Å². The number of rotatable bonds is 0. The molecule has 11 heavy (non-hydrogen) atoms. The first-order valence-corrected chi connectivity index (χ1v) is 3.29. The quantitative estimate of drug-likeness (QED) is 0.534. The zero-order chi connectivity index (χ0) is 7.84. The molecule has 0 aliphatic rings. The Labute approximate surface area is 64.6 Å². The van der Waals surface area contributed by atoms with Crippen LogP contribution in [0.1, 0.15) is 0 Å². The third kappa shape index (κ3) is 0.927. The summed E-state index contributed by atoms with van der Waals surface area (Å²) in [7, 11) is 5.42. The van der Waals surface area contributed by atoms with Crippen molar-refractivity contribution in [2.75, 3.05) is 0 Å². The lowest BCUT2D eigenvalue weighted by Gasteiger charge is -1.94. The van der Waals surface area contributed by atoms with E-state index in [4.69, 9.17) is 7.85 Å². The molecule has 0 saturated heterocycles. The van der Waals surface area contributed by atoms with Crippen molar-refractivity contribution in [3.05, 3.63) is 30.2 Å². The molecule has 0 spiro atoms. The van der Waals surface area contributed by atoms with Gasteiger partial charge in [-0.1, -0.05) is 5.46 Å². The average molecular weight is 145 g/mol. The summed E-state index contributed by atoms with van der Waals surface area (Å²) in [5, 5.41) is 0.583. The van der Waals surface area contributed by atoms with Gasteiger partial charge in [-0.15, -0.1) is 0 Å². The van der Waals surface area contributed by atoms with Gasteiger partial charge in [-0.25, -0.2) is 4.39 Å². The number of fused-ring (bicyclic) bond motifs is 1. The van der Waals surface area contributed by atoms with E-state index in [1.54, 1.807) is 18.3 Å². The summed E-state index contributed by atoms with van der Waals surface area (Å²) < 4.78 is 13.0. The van der Waals surface area contributed by atoms with E-state index in [2.05, 4.69) is 4.98 Å². The molecular weight excluding hydrogens is 140 g/mol. The summed E-state index contributed by atoms with van der Waals surface area (Å²) in [5.74, 6) is -0.277. The third-order valence-corrected chi connectivity index (χ3v) is 1.64. The van der Waals surface area contributed by atoms with Crippen LogP contribution in [0.25, 0.3) is 10.9 Å². The molecule has 0 aliphatic heterocycles. The van der Waals surface area contributed by atoms with Crippen molar-refractivity contribution in [3.63, 3.8) is 0 Å². The molecule has 0 amide bonds. The van der Waals surface area contributed by atoms with E-state index >= 15 is 0 Å². The van der Waals surface area contributed by atoms with Crippen molar-refractivity contribution in [2.45, 2.75) is 0 Å². The van der Waals surface area contributed by atoms with Gasteiger partial charge in [0.2, 0.25) is 0 Å². The first kappa shape index (κ1) is 6.46. The first-order valence-electron chi connectivity index (χ1n) is 3.29. The van der Waals surface area contributed by atoms with Crippen molar-refractivity contribution >= 4 is 24.2 Å². The number of benzene rings is 1. The van der Waals surface area contributed by atoms with E-state index in [0.29, 0.717) is 10.8 Å². The van der Waals surface area contributed by atoms with Crippen LogP contribution in [0.15, 0.2) is 24.4 Å². The Morgan fingerprint density at radius 2 is 2.18 bits per heavy atom. The SMILES string of the molecule is [B]c1cc(F)c2cc[nH]c2c1. The lowest BCUT2D eigenvalue weighted by Crippen LogP contribution is -2.01. The maximum Gasteiger partial charge on any atom is 0.131 e. The molecule has 2 radical (unpaired) electrons. The second-order valence-corrected chi connectivity index (χ2v) is 2.44. The smallest absolute Gasteiger partial charge is 0.131 e. The highest BCUT2D eigenvalue weighted by atomic mass is 19.1. The summed E-state index contributed by atoms with van der Waals surface area (Å²) in [6, 6.07) is 4.71. The van der Waals surface area contributed by atoms with E-state index in [1.807, 2.05) is 0 Å². The van der Waals surface area contributed by atoms with Crippen molar-refractivity contribution in [3.8, 4) is 0 Å². The van der Waals surface area contributed by atoms with Gasteiger partial charge in [-0.3, -0.25) is 0 Å². The third-order valence-electron chi connectivity index (χ3n) is 1.64. The van der Waals surface area contributed by atoms with Crippen molar-refractivity contribution in [1.82, 2.24) is 4.98 Å². The fourth-order valence-corrected chi connectivity index (χ4v) is 1.14. The lowest BCUT2D eigenvalue weighted by atomic mass is 9.95. The van der Waals surface area contributed by atoms with Gasteiger partial charge in [-0.05, 0) is 18.2 Å². The van der Waals surface area contributed by atoms with E-state index in [9.17, 15) is 4.39 Å². The number of nitrogens with one attached hydrogen (secondary N) is 1. The van der Waals surface area contributed by atoms with Gasteiger partial charge in [0, 0.05) is 17.1 Å². The maximum absolute atomic E-state index is 13.0. The van der Waals surface area contributed by atoms with Crippen LogP contribution in [0, 0.1) is 5.82 Å². The average Bonchev–Trinajstić information content (AvgIpc) is 2.34. The number of hydrogen-bond acceptors (Lipinski definition) is 0. The summed E-state index contributed by atoms with van der Waals surface area (Å²) in [5.41, 5.74) is 1.18. The number of aromatic nitrogens is 1. The van der Waals surface area contributed by atoms with Crippen LogP contribution in [0.5, 0.6) is 0 Å². The predicted octanol–water partition coefficient (Wildman–Crippen LogP) is 1.10. The molecule has 1 heterocycles. The van der Waals surface area contributed by atoms with E-state index in [0.717, 1.165) is 5.52 Å². The zero-order valence-corrected chi connectivity index (χ0v) is 5.76. The summed E-state index contributed by atoms with van der Waals surface area (Å²) in [4.78, 5) is 2.88. The Kier molecular flexibility index (Phi) is 1.25. The van der Waals surface area contributed by atoms with Gasteiger partial charge < -0.3 is 4.98 Å². The van der Waals surface area contributed by atoms with Gasteiger partial charge in [0.05, 0.1) is 0 Å². The molecule has 0 fully saturated rings. The minimum absolute atomic E-state index is 0.277. The monoisotopic (exact) mass is 145 g/mol. The molecule has 1 aromatic heterocycles. The van der Waals surface area contributed by atoms with Crippen LogP contribution in [0.2, 0.25) is 0 Å². The van der Waals surface area contributed by atoms with E-state index in [1.165, 1.54) is 6.07 Å². The molecule has 2 rings (SSSR count). The first-order chi connectivity index (χ1) is 5.27. The minimum atomic E-state index is -0.277. The van der Waals surface area contributed by atoms with E-state index in [-0.39, 0.29) is 5.82 Å². The predicted molar refractivity (Wildman–Crippen MR) is 43.6 cm³/mol. The molecule has 0 unspecified atom stereocenters. The van der Waals surface area contributed by atoms with Gasteiger partial charge in [-0.2, -0.15) is 0 Å². The second kappa shape index (κ2) is 2.12. The van der Waals surface area contributed by atoms with Gasteiger partial charge in [0.25, 0.3) is 0 Å². The van der Waals surface area contributed by atoms with Crippen LogP contribution in [-0.4, -0.2) is 12.8 Å². The van der Waals surface area contributed by atoms with E-state index < -0.39 is 0 Å². The maximum atomic E-state index is 13.0. The molecule has 0 bridgehead atoms. The molecule has 1 nitrogen and oxygen atoms in total. The zero-order valence-electron chi connectivity index (χ0n) is 5.76. The Balaban J connectivity index is 2.91. The fourth-order valence-electron chi connectivity index (χ4n) is 1.14. The van der Waals surface area contributed by atoms with Crippen LogP contribution in [0.4, 0.5) is 4.39 Å². The second-order valence-electron chi connectivity index (χ2n) is 2.44. The van der Waals surface area contributed by atoms with Crippen LogP contribution in [0.3, 0.4) is 0 Å². The van der Waals surface area contributed by atoms with Gasteiger partial charge >= 0.3 is 0 Å². The molecule has 1 N–H and O–H groups in total. The number of hydrogen-bond donors (Lipinski definition) is 1. The summed E-state index contributed by atoms with van der Waals surface area (Å²) in [6.45, 7) is 0.